The molecule has 1 saturated carbocycles. The number of rotatable bonds is 3. The highest BCUT2D eigenvalue weighted by molar-refractivity contribution is 5.87. The molecule has 1 aliphatic rings. The predicted molar refractivity (Wildman–Crippen MR) is 103 cm³/mol. The molecule has 2 atom stereocenters. The molecule has 2 aromatic heterocycles. The molecule has 1 fully saturated rings. The van der Waals surface area contributed by atoms with Crippen LogP contribution >= 0.6 is 0 Å². The van der Waals surface area contributed by atoms with Crippen LogP contribution in [0.1, 0.15) is 29.9 Å². The summed E-state index contributed by atoms with van der Waals surface area (Å²) in [7, 11) is 2.06. The van der Waals surface area contributed by atoms with Crippen molar-refractivity contribution in [3.05, 3.63) is 72.4 Å². The molecular weight excluding hydrogens is 322 g/mol. The van der Waals surface area contributed by atoms with E-state index < -0.39 is 0 Å². The minimum atomic E-state index is 0.284. The number of nitrogens with two attached hydrogens (primary N) is 1. The zero-order chi connectivity index (χ0) is 17.7. The molecule has 4 aromatic rings. The molecule has 5 nitrogen and oxygen atoms in total. The largest absolute Gasteiger partial charge is 0.383 e. The van der Waals surface area contributed by atoms with Crippen LogP contribution in [-0.2, 0) is 7.05 Å². The smallest absolute Gasteiger partial charge is 0.135 e. The van der Waals surface area contributed by atoms with Crippen molar-refractivity contribution in [2.45, 2.75) is 18.3 Å². The van der Waals surface area contributed by atoms with E-state index in [-0.39, 0.29) is 5.92 Å². The number of hydrogen-bond donors (Lipinski definition) is 1. The highest BCUT2D eigenvalue weighted by Gasteiger charge is 2.44. The maximum absolute atomic E-state index is 6.14. The van der Waals surface area contributed by atoms with Gasteiger partial charge in [0.05, 0.1) is 11.2 Å². The normalized spacial score (nSPS) is 19.0. The molecule has 0 bridgehead atoms. The average Bonchev–Trinajstić information content (AvgIpc) is 3.37. The van der Waals surface area contributed by atoms with E-state index in [0.717, 1.165) is 40.2 Å². The van der Waals surface area contributed by atoms with Crippen LogP contribution in [0.2, 0.25) is 0 Å². The number of benzene rings is 2. The molecule has 0 saturated heterocycles. The minimum absolute atomic E-state index is 0.284. The Morgan fingerprint density at radius 2 is 1.69 bits per heavy atom. The summed E-state index contributed by atoms with van der Waals surface area (Å²) in [5.74, 6) is 3.10. The summed E-state index contributed by atoms with van der Waals surface area (Å²) >= 11 is 0. The third-order valence-corrected chi connectivity index (χ3v) is 5.09. The topological polar surface area (TPSA) is 69.6 Å². The van der Waals surface area contributed by atoms with E-state index >= 15 is 0 Å². The zero-order valence-electron chi connectivity index (χ0n) is 14.5. The Morgan fingerprint density at radius 3 is 2.54 bits per heavy atom. The summed E-state index contributed by atoms with van der Waals surface area (Å²) in [6.45, 7) is 0. The number of anilines is 1. The predicted octanol–water partition coefficient (Wildman–Crippen LogP) is 3.88. The van der Waals surface area contributed by atoms with Crippen LogP contribution in [0.15, 0.2) is 60.8 Å². The maximum Gasteiger partial charge on any atom is 0.135 e. The van der Waals surface area contributed by atoms with Crippen molar-refractivity contribution in [3.63, 3.8) is 0 Å². The highest BCUT2D eigenvalue weighted by atomic mass is 15.1. The van der Waals surface area contributed by atoms with Gasteiger partial charge in [0, 0.05) is 36.0 Å². The molecule has 2 unspecified atom stereocenters. The van der Waals surface area contributed by atoms with Crippen LogP contribution in [0, 0.1) is 0 Å². The summed E-state index contributed by atoms with van der Waals surface area (Å²) < 4.78 is 2.12. The lowest BCUT2D eigenvalue weighted by molar-refractivity contribution is 0.775. The Kier molecular flexibility index (Phi) is 3.28. The van der Waals surface area contributed by atoms with Gasteiger partial charge in [0.15, 0.2) is 0 Å². The highest BCUT2D eigenvalue weighted by Crippen LogP contribution is 2.53. The van der Waals surface area contributed by atoms with Crippen LogP contribution in [0.4, 0.5) is 5.82 Å². The molecule has 2 N–H and O–H groups in total. The van der Waals surface area contributed by atoms with Gasteiger partial charge in [0.2, 0.25) is 0 Å². The third kappa shape index (κ3) is 2.44. The first kappa shape index (κ1) is 15.1. The molecule has 2 aromatic carbocycles. The van der Waals surface area contributed by atoms with Crippen LogP contribution < -0.4 is 5.73 Å². The first-order valence-electron chi connectivity index (χ1n) is 8.81. The minimum Gasteiger partial charge on any atom is -0.383 e. The molecule has 5 rings (SSSR count). The van der Waals surface area contributed by atoms with Crippen LogP contribution in [-0.4, -0.2) is 19.5 Å². The molecule has 1 aliphatic carbocycles. The van der Waals surface area contributed by atoms with E-state index in [2.05, 4.69) is 34.9 Å². The van der Waals surface area contributed by atoms with Gasteiger partial charge in [-0.2, -0.15) is 0 Å². The van der Waals surface area contributed by atoms with E-state index in [1.165, 1.54) is 0 Å². The van der Waals surface area contributed by atoms with Crippen molar-refractivity contribution < 1.29 is 0 Å². The lowest BCUT2D eigenvalue weighted by Crippen LogP contribution is -2.02. The molecule has 2 heterocycles. The first-order valence-corrected chi connectivity index (χ1v) is 8.81. The van der Waals surface area contributed by atoms with Gasteiger partial charge in [0.25, 0.3) is 0 Å². The Balaban J connectivity index is 1.47. The first-order chi connectivity index (χ1) is 12.7. The van der Waals surface area contributed by atoms with Crippen LogP contribution in [0.3, 0.4) is 0 Å². The number of nitrogen functional groups attached to an aromatic ring is 1. The number of aryl methyl sites for hydroxylation is 1. The number of hydrogen-bond acceptors (Lipinski definition) is 4. The molecule has 26 heavy (non-hydrogen) atoms. The third-order valence-electron chi connectivity index (χ3n) is 5.09. The second-order valence-corrected chi connectivity index (χ2v) is 6.89. The van der Waals surface area contributed by atoms with E-state index in [9.17, 15) is 0 Å². The molecule has 0 aliphatic heterocycles. The van der Waals surface area contributed by atoms with Crippen LogP contribution in [0.25, 0.3) is 22.2 Å². The second kappa shape index (κ2) is 5.66. The van der Waals surface area contributed by atoms with Crippen molar-refractivity contribution in [3.8, 4) is 11.3 Å². The van der Waals surface area contributed by atoms with E-state index in [4.69, 9.17) is 15.7 Å². The van der Waals surface area contributed by atoms with Crippen molar-refractivity contribution in [1.29, 1.82) is 0 Å². The van der Waals surface area contributed by atoms with Gasteiger partial charge in [-0.25, -0.2) is 15.0 Å². The molecule has 0 amide bonds. The van der Waals surface area contributed by atoms with Gasteiger partial charge >= 0.3 is 0 Å². The number of imidazole rings is 1. The summed E-state index contributed by atoms with van der Waals surface area (Å²) in [4.78, 5) is 14.2. The van der Waals surface area contributed by atoms with Gasteiger partial charge in [-0.3, -0.25) is 0 Å². The SMILES string of the molecule is Cn1cc(-c2ccccc2)nc1C1CC1c1nc(N)c2ccccc2n1. The van der Waals surface area contributed by atoms with Crippen LogP contribution in [0.5, 0.6) is 0 Å². The molecule has 0 radical (unpaired) electrons. The molecule has 0 spiro atoms. The lowest BCUT2D eigenvalue weighted by Gasteiger charge is -2.05. The quantitative estimate of drug-likeness (QED) is 0.614. The molecular formula is C21H19N5. The van der Waals surface area contributed by atoms with Gasteiger partial charge in [0.1, 0.15) is 17.5 Å². The van der Waals surface area contributed by atoms with Crippen molar-refractivity contribution in [1.82, 2.24) is 19.5 Å². The Bertz CT molecular complexity index is 1100. The van der Waals surface area contributed by atoms with Crippen molar-refractivity contribution >= 4 is 16.7 Å². The second-order valence-electron chi connectivity index (χ2n) is 6.89. The number of aromatic nitrogens is 4. The summed E-state index contributed by atoms with van der Waals surface area (Å²) in [6.07, 6.45) is 3.10. The summed E-state index contributed by atoms with van der Waals surface area (Å²) in [6, 6.07) is 18.2. The fraction of sp³-hybridized carbons (Fsp3) is 0.190. The van der Waals surface area contributed by atoms with Crippen molar-refractivity contribution in [2.75, 3.05) is 5.73 Å². The molecule has 5 heteroatoms. The summed E-state index contributed by atoms with van der Waals surface area (Å²) in [5.41, 5.74) is 9.20. The van der Waals surface area contributed by atoms with Gasteiger partial charge in [-0.05, 0) is 18.6 Å². The Labute approximate surface area is 151 Å². The average molecular weight is 341 g/mol. The number of fused-ring (bicyclic) bond motifs is 1. The van der Waals surface area contributed by atoms with Gasteiger partial charge in [-0.1, -0.05) is 42.5 Å². The van der Waals surface area contributed by atoms with E-state index in [1.807, 2.05) is 42.5 Å². The fourth-order valence-electron chi connectivity index (χ4n) is 3.62. The van der Waals surface area contributed by atoms with Gasteiger partial charge in [-0.15, -0.1) is 0 Å². The van der Waals surface area contributed by atoms with E-state index in [0.29, 0.717) is 11.7 Å². The number of nitrogens with zero attached hydrogens (tertiary/aromatic N) is 4. The Hall–Kier alpha value is -3.21. The van der Waals surface area contributed by atoms with Gasteiger partial charge < -0.3 is 10.3 Å². The lowest BCUT2D eigenvalue weighted by atomic mass is 10.2. The summed E-state index contributed by atoms with van der Waals surface area (Å²) in [5, 5.41) is 0.914. The monoisotopic (exact) mass is 341 g/mol. The molecule has 128 valence electrons. The Morgan fingerprint density at radius 1 is 0.923 bits per heavy atom. The fourth-order valence-corrected chi connectivity index (χ4v) is 3.62. The standard InChI is InChI=1S/C21H19N5/c1-26-12-18(13-7-3-2-4-8-13)24-21(26)16-11-15(16)20-23-17-10-6-5-9-14(17)19(22)25-20/h2-10,12,15-16H,11H2,1H3,(H2,22,23,25). The maximum atomic E-state index is 6.14. The number of para-hydroxylation sites is 1. The van der Waals surface area contributed by atoms with Crippen molar-refractivity contribution in [2.24, 2.45) is 7.05 Å². The van der Waals surface area contributed by atoms with E-state index in [1.54, 1.807) is 0 Å². The zero-order valence-corrected chi connectivity index (χ0v) is 14.5.